The Balaban J connectivity index is 2.17. The molecule has 3 rings (SSSR count). The highest BCUT2D eigenvalue weighted by molar-refractivity contribution is 6.30. The molecule has 6 heteroatoms. The summed E-state index contributed by atoms with van der Waals surface area (Å²) < 4.78 is 39.6. The topological polar surface area (TPSA) is 25.8 Å². The summed E-state index contributed by atoms with van der Waals surface area (Å²) in [6.07, 6.45) is -4.55. The van der Waals surface area contributed by atoms with Gasteiger partial charge in [0.05, 0.1) is 5.69 Å². The molecule has 0 saturated heterocycles. The van der Waals surface area contributed by atoms with Crippen molar-refractivity contribution in [3.63, 3.8) is 0 Å². The van der Waals surface area contributed by atoms with Gasteiger partial charge < -0.3 is 0 Å². The normalized spacial score (nSPS) is 11.5. The van der Waals surface area contributed by atoms with E-state index in [-0.39, 0.29) is 11.5 Å². The van der Waals surface area contributed by atoms with Crippen LogP contribution in [0.4, 0.5) is 13.2 Å². The maximum absolute atomic E-state index is 13.2. The summed E-state index contributed by atoms with van der Waals surface area (Å²) in [7, 11) is 0. The average molecular weight is 349 g/mol. The van der Waals surface area contributed by atoms with Crippen LogP contribution < -0.4 is 0 Å². The molecular weight excluding hydrogens is 337 g/mol. The number of alkyl halides is 3. The molecule has 122 valence electrons. The van der Waals surface area contributed by atoms with Crippen molar-refractivity contribution in [2.45, 2.75) is 13.1 Å². The standard InChI is InChI=1S/C18H12ClF3N2/c1-11-2-4-12(5-3-11)15-10-16(18(20,21)22)24-17(23-15)13-6-8-14(19)9-7-13/h2-10H,1H3. The van der Waals surface area contributed by atoms with Gasteiger partial charge in [-0.2, -0.15) is 13.2 Å². The van der Waals surface area contributed by atoms with E-state index in [0.29, 0.717) is 16.1 Å². The maximum Gasteiger partial charge on any atom is 0.433 e. The van der Waals surface area contributed by atoms with Crippen LogP contribution in [-0.2, 0) is 6.18 Å². The minimum atomic E-state index is -4.55. The van der Waals surface area contributed by atoms with Crippen molar-refractivity contribution >= 4 is 11.6 Å². The van der Waals surface area contributed by atoms with Gasteiger partial charge in [0.25, 0.3) is 0 Å². The lowest BCUT2D eigenvalue weighted by atomic mass is 10.1. The van der Waals surface area contributed by atoms with Crippen molar-refractivity contribution in [2.24, 2.45) is 0 Å². The molecule has 0 unspecified atom stereocenters. The van der Waals surface area contributed by atoms with Crippen LogP contribution in [0.5, 0.6) is 0 Å². The molecule has 0 atom stereocenters. The minimum absolute atomic E-state index is 0.0112. The van der Waals surface area contributed by atoms with Gasteiger partial charge in [-0.25, -0.2) is 9.97 Å². The number of aryl methyl sites for hydroxylation is 1. The van der Waals surface area contributed by atoms with Gasteiger partial charge in [-0.1, -0.05) is 41.4 Å². The number of hydrogen-bond acceptors (Lipinski definition) is 2. The number of benzene rings is 2. The van der Waals surface area contributed by atoms with Crippen LogP contribution in [0.2, 0.25) is 5.02 Å². The van der Waals surface area contributed by atoms with Crippen molar-refractivity contribution in [3.8, 4) is 22.6 Å². The zero-order chi connectivity index (χ0) is 17.3. The molecule has 0 aliphatic rings. The Kier molecular flexibility index (Phi) is 4.28. The average Bonchev–Trinajstić information content (AvgIpc) is 2.55. The van der Waals surface area contributed by atoms with E-state index in [0.717, 1.165) is 11.6 Å². The molecule has 0 aliphatic carbocycles. The molecule has 24 heavy (non-hydrogen) atoms. The quantitative estimate of drug-likeness (QED) is 0.585. The van der Waals surface area contributed by atoms with E-state index in [1.807, 2.05) is 19.1 Å². The van der Waals surface area contributed by atoms with E-state index in [4.69, 9.17) is 11.6 Å². The van der Waals surface area contributed by atoms with Crippen molar-refractivity contribution in [1.82, 2.24) is 9.97 Å². The van der Waals surface area contributed by atoms with Gasteiger partial charge in [0.1, 0.15) is 5.69 Å². The van der Waals surface area contributed by atoms with E-state index in [1.165, 1.54) is 0 Å². The van der Waals surface area contributed by atoms with Gasteiger partial charge in [-0.05, 0) is 37.3 Å². The zero-order valence-electron chi connectivity index (χ0n) is 12.6. The monoisotopic (exact) mass is 348 g/mol. The first kappa shape index (κ1) is 16.5. The molecule has 0 bridgehead atoms. The van der Waals surface area contributed by atoms with E-state index >= 15 is 0 Å². The Labute approximate surface area is 142 Å². The van der Waals surface area contributed by atoms with Gasteiger partial charge >= 0.3 is 6.18 Å². The summed E-state index contributed by atoms with van der Waals surface area (Å²) in [5, 5.41) is 0.490. The minimum Gasteiger partial charge on any atom is -0.228 e. The van der Waals surface area contributed by atoms with Gasteiger partial charge in [0.2, 0.25) is 0 Å². The molecule has 0 radical (unpaired) electrons. The van der Waals surface area contributed by atoms with Crippen molar-refractivity contribution in [3.05, 3.63) is 70.9 Å². The van der Waals surface area contributed by atoms with Gasteiger partial charge in [-0.3, -0.25) is 0 Å². The Morgan fingerprint density at radius 1 is 0.833 bits per heavy atom. The molecule has 2 aromatic carbocycles. The van der Waals surface area contributed by atoms with E-state index in [2.05, 4.69) is 9.97 Å². The highest BCUT2D eigenvalue weighted by Crippen LogP contribution is 2.32. The van der Waals surface area contributed by atoms with Crippen molar-refractivity contribution in [2.75, 3.05) is 0 Å². The van der Waals surface area contributed by atoms with Crippen molar-refractivity contribution < 1.29 is 13.2 Å². The van der Waals surface area contributed by atoms with Gasteiger partial charge in [0, 0.05) is 16.1 Å². The Morgan fingerprint density at radius 3 is 2.00 bits per heavy atom. The molecule has 2 nitrogen and oxygen atoms in total. The molecule has 0 N–H and O–H groups in total. The molecule has 3 aromatic rings. The molecule has 1 heterocycles. The first-order chi connectivity index (χ1) is 11.3. The van der Waals surface area contributed by atoms with Crippen LogP contribution in [0.1, 0.15) is 11.3 Å². The fourth-order valence-corrected chi connectivity index (χ4v) is 2.32. The zero-order valence-corrected chi connectivity index (χ0v) is 13.4. The van der Waals surface area contributed by atoms with Crippen molar-refractivity contribution in [1.29, 1.82) is 0 Å². The largest absolute Gasteiger partial charge is 0.433 e. The smallest absolute Gasteiger partial charge is 0.228 e. The third-order valence-corrected chi connectivity index (χ3v) is 3.72. The second kappa shape index (κ2) is 6.24. The lowest BCUT2D eigenvalue weighted by Gasteiger charge is -2.11. The lowest BCUT2D eigenvalue weighted by Crippen LogP contribution is -2.10. The molecule has 0 aliphatic heterocycles. The van der Waals surface area contributed by atoms with Crippen LogP contribution in [0.3, 0.4) is 0 Å². The number of rotatable bonds is 2. The van der Waals surface area contributed by atoms with E-state index in [9.17, 15) is 13.2 Å². The Hall–Kier alpha value is -2.40. The molecule has 0 fully saturated rings. The van der Waals surface area contributed by atoms with Gasteiger partial charge in [0.15, 0.2) is 5.82 Å². The highest BCUT2D eigenvalue weighted by Gasteiger charge is 2.33. The molecule has 1 aromatic heterocycles. The Morgan fingerprint density at radius 2 is 1.42 bits per heavy atom. The van der Waals surface area contributed by atoms with Crippen LogP contribution in [-0.4, -0.2) is 9.97 Å². The fraction of sp³-hybridized carbons (Fsp3) is 0.111. The van der Waals surface area contributed by atoms with Crippen LogP contribution in [0.25, 0.3) is 22.6 Å². The maximum atomic E-state index is 13.2. The van der Waals surface area contributed by atoms with Gasteiger partial charge in [-0.15, -0.1) is 0 Å². The number of hydrogen-bond donors (Lipinski definition) is 0. The molecular formula is C18H12ClF3N2. The summed E-state index contributed by atoms with van der Waals surface area (Å²) >= 11 is 5.82. The number of aromatic nitrogens is 2. The predicted octanol–water partition coefficient (Wildman–Crippen LogP) is 5.79. The number of nitrogens with zero attached hydrogens (tertiary/aromatic N) is 2. The van der Waals surface area contributed by atoms with E-state index < -0.39 is 11.9 Å². The highest BCUT2D eigenvalue weighted by atomic mass is 35.5. The number of halogens is 4. The summed E-state index contributed by atoms with van der Waals surface area (Å²) in [4.78, 5) is 7.96. The summed E-state index contributed by atoms with van der Waals surface area (Å²) in [6.45, 7) is 1.91. The lowest BCUT2D eigenvalue weighted by molar-refractivity contribution is -0.141. The SMILES string of the molecule is Cc1ccc(-c2cc(C(F)(F)F)nc(-c3ccc(Cl)cc3)n2)cc1. The Bertz CT molecular complexity index is 793. The summed E-state index contributed by atoms with van der Waals surface area (Å²) in [6, 6.07) is 14.5. The van der Waals surface area contributed by atoms with E-state index in [1.54, 1.807) is 36.4 Å². The summed E-state index contributed by atoms with van der Waals surface area (Å²) in [5.74, 6) is 0.0112. The first-order valence-electron chi connectivity index (χ1n) is 7.12. The van der Waals surface area contributed by atoms with Crippen LogP contribution in [0, 0.1) is 6.92 Å². The second-order valence-electron chi connectivity index (χ2n) is 5.33. The molecule has 0 spiro atoms. The predicted molar refractivity (Wildman–Crippen MR) is 87.7 cm³/mol. The third kappa shape index (κ3) is 3.57. The third-order valence-electron chi connectivity index (χ3n) is 3.47. The van der Waals surface area contributed by atoms with Crippen LogP contribution in [0.15, 0.2) is 54.6 Å². The second-order valence-corrected chi connectivity index (χ2v) is 5.77. The fourth-order valence-electron chi connectivity index (χ4n) is 2.19. The molecule has 0 saturated carbocycles. The first-order valence-corrected chi connectivity index (χ1v) is 7.50. The van der Waals surface area contributed by atoms with Crippen LogP contribution >= 0.6 is 11.6 Å². The summed E-state index contributed by atoms with van der Waals surface area (Å²) in [5.41, 5.74) is 1.34. The molecule has 0 amide bonds.